The van der Waals surface area contributed by atoms with Crippen LogP contribution in [-0.2, 0) is 6.54 Å². The van der Waals surface area contributed by atoms with E-state index in [2.05, 4.69) is 28.9 Å². The highest BCUT2D eigenvalue weighted by Crippen LogP contribution is 2.26. The van der Waals surface area contributed by atoms with Crippen molar-refractivity contribution in [3.05, 3.63) is 29.8 Å². The maximum absolute atomic E-state index is 12.1. The molecule has 20 heavy (non-hydrogen) atoms. The van der Waals surface area contributed by atoms with Gasteiger partial charge in [0.1, 0.15) is 5.75 Å². The van der Waals surface area contributed by atoms with Crippen LogP contribution in [0, 0.1) is 5.41 Å². The van der Waals surface area contributed by atoms with Gasteiger partial charge in [0.25, 0.3) is 0 Å². The zero-order valence-electron chi connectivity index (χ0n) is 12.0. The van der Waals surface area contributed by atoms with Gasteiger partial charge in [0.2, 0.25) is 0 Å². The van der Waals surface area contributed by atoms with Crippen molar-refractivity contribution in [1.82, 2.24) is 10.2 Å². The van der Waals surface area contributed by atoms with E-state index in [-0.39, 0.29) is 5.75 Å². The van der Waals surface area contributed by atoms with Crippen molar-refractivity contribution in [2.45, 2.75) is 26.5 Å². The number of ether oxygens (including phenoxy) is 1. The molecule has 0 amide bonds. The molecule has 1 aliphatic rings. The van der Waals surface area contributed by atoms with E-state index in [1.54, 1.807) is 12.1 Å². The summed E-state index contributed by atoms with van der Waals surface area (Å²) in [5.41, 5.74) is 1.43. The molecule has 0 aliphatic carbocycles. The van der Waals surface area contributed by atoms with Crippen molar-refractivity contribution in [2.24, 2.45) is 5.41 Å². The first-order valence-electron chi connectivity index (χ1n) is 6.90. The van der Waals surface area contributed by atoms with Crippen LogP contribution in [0.3, 0.4) is 0 Å². The fourth-order valence-electron chi connectivity index (χ4n) is 2.80. The van der Waals surface area contributed by atoms with Gasteiger partial charge in [-0.15, -0.1) is 0 Å². The van der Waals surface area contributed by atoms with Crippen LogP contribution in [0.2, 0.25) is 0 Å². The van der Waals surface area contributed by atoms with Gasteiger partial charge in [-0.05, 0) is 43.1 Å². The highest BCUT2D eigenvalue weighted by atomic mass is 19.3. The fourth-order valence-corrected chi connectivity index (χ4v) is 2.80. The first kappa shape index (κ1) is 15.2. The summed E-state index contributed by atoms with van der Waals surface area (Å²) < 4.78 is 28.5. The standard InChI is InChI=1S/C15H22F2N2O/c1-15(7-8-18-10-15)11-19(2)9-12-3-5-13(6-4-12)20-14(16)17/h3-6,14,18H,7-11H2,1-2H3. The minimum atomic E-state index is -2.77. The molecule has 1 fully saturated rings. The van der Waals surface area contributed by atoms with E-state index < -0.39 is 6.61 Å². The molecule has 1 aliphatic heterocycles. The Bertz CT molecular complexity index is 416. The average Bonchev–Trinajstić information content (AvgIpc) is 2.77. The largest absolute Gasteiger partial charge is 0.435 e. The van der Waals surface area contributed by atoms with Gasteiger partial charge in [-0.1, -0.05) is 19.1 Å². The minimum Gasteiger partial charge on any atom is -0.435 e. The van der Waals surface area contributed by atoms with Gasteiger partial charge in [-0.3, -0.25) is 0 Å². The molecule has 1 N–H and O–H groups in total. The van der Waals surface area contributed by atoms with Gasteiger partial charge < -0.3 is 15.0 Å². The normalized spacial score (nSPS) is 22.7. The Balaban J connectivity index is 1.86. The van der Waals surface area contributed by atoms with Gasteiger partial charge in [-0.25, -0.2) is 0 Å². The summed E-state index contributed by atoms with van der Waals surface area (Å²) >= 11 is 0. The molecule has 0 radical (unpaired) electrons. The van der Waals surface area contributed by atoms with Gasteiger partial charge in [0, 0.05) is 19.6 Å². The van der Waals surface area contributed by atoms with Crippen molar-refractivity contribution in [2.75, 3.05) is 26.7 Å². The second-order valence-corrected chi connectivity index (χ2v) is 5.93. The third-order valence-corrected chi connectivity index (χ3v) is 3.71. The third kappa shape index (κ3) is 4.42. The van der Waals surface area contributed by atoms with Gasteiger partial charge in [0.15, 0.2) is 0 Å². The maximum Gasteiger partial charge on any atom is 0.387 e. The van der Waals surface area contributed by atoms with Crippen LogP contribution >= 0.6 is 0 Å². The van der Waals surface area contributed by atoms with Crippen molar-refractivity contribution < 1.29 is 13.5 Å². The van der Waals surface area contributed by atoms with Crippen LogP contribution in [0.5, 0.6) is 5.75 Å². The number of benzene rings is 1. The number of nitrogens with one attached hydrogen (secondary N) is 1. The fraction of sp³-hybridized carbons (Fsp3) is 0.600. The topological polar surface area (TPSA) is 24.5 Å². The molecule has 1 aromatic rings. The van der Waals surface area contributed by atoms with E-state index in [9.17, 15) is 8.78 Å². The molecule has 1 atom stereocenters. The Kier molecular flexibility index (Phi) is 4.94. The van der Waals surface area contributed by atoms with Gasteiger partial charge in [-0.2, -0.15) is 8.78 Å². The van der Waals surface area contributed by atoms with Gasteiger partial charge >= 0.3 is 6.61 Å². The van der Waals surface area contributed by atoms with E-state index >= 15 is 0 Å². The Labute approximate surface area is 118 Å². The number of hydrogen-bond acceptors (Lipinski definition) is 3. The van der Waals surface area contributed by atoms with Crippen molar-refractivity contribution in [3.63, 3.8) is 0 Å². The van der Waals surface area contributed by atoms with Crippen molar-refractivity contribution >= 4 is 0 Å². The summed E-state index contributed by atoms with van der Waals surface area (Å²) in [6, 6.07) is 6.86. The quantitative estimate of drug-likeness (QED) is 0.869. The molecule has 112 valence electrons. The lowest BCUT2D eigenvalue weighted by Gasteiger charge is -2.29. The first-order chi connectivity index (χ1) is 9.47. The second kappa shape index (κ2) is 6.50. The lowest BCUT2D eigenvalue weighted by atomic mass is 9.89. The van der Waals surface area contributed by atoms with Crippen LogP contribution in [0.25, 0.3) is 0 Å². The summed E-state index contributed by atoms with van der Waals surface area (Å²) in [6.07, 6.45) is 1.19. The number of halogens is 2. The molecule has 0 spiro atoms. The van der Waals surface area contributed by atoms with E-state index in [0.29, 0.717) is 5.41 Å². The monoisotopic (exact) mass is 284 g/mol. The molecule has 1 unspecified atom stereocenters. The third-order valence-electron chi connectivity index (χ3n) is 3.71. The zero-order chi connectivity index (χ0) is 14.6. The Hall–Kier alpha value is -1.20. The van der Waals surface area contributed by atoms with Crippen molar-refractivity contribution in [3.8, 4) is 5.75 Å². The molecule has 1 aromatic carbocycles. The highest BCUT2D eigenvalue weighted by molar-refractivity contribution is 5.27. The van der Waals surface area contributed by atoms with Crippen LogP contribution in [-0.4, -0.2) is 38.2 Å². The van der Waals surface area contributed by atoms with Crippen molar-refractivity contribution in [1.29, 1.82) is 0 Å². The predicted molar refractivity (Wildman–Crippen MR) is 75.0 cm³/mol. The van der Waals surface area contributed by atoms with Crippen LogP contribution in [0.4, 0.5) is 8.78 Å². The molecule has 5 heteroatoms. The molecule has 2 rings (SSSR count). The molecule has 0 bridgehead atoms. The van der Waals surface area contributed by atoms with Crippen LogP contribution in [0.1, 0.15) is 18.9 Å². The number of rotatable bonds is 6. The number of nitrogens with zero attached hydrogens (tertiary/aromatic N) is 1. The molecular weight excluding hydrogens is 262 g/mol. The summed E-state index contributed by atoms with van der Waals surface area (Å²) in [5.74, 6) is 0.207. The molecule has 1 heterocycles. The molecule has 0 saturated carbocycles. The Morgan fingerprint density at radius 1 is 1.35 bits per heavy atom. The maximum atomic E-state index is 12.1. The average molecular weight is 284 g/mol. The number of hydrogen-bond donors (Lipinski definition) is 1. The highest BCUT2D eigenvalue weighted by Gasteiger charge is 2.29. The summed E-state index contributed by atoms with van der Waals surface area (Å²) in [7, 11) is 2.09. The molecule has 3 nitrogen and oxygen atoms in total. The lowest BCUT2D eigenvalue weighted by molar-refractivity contribution is -0.0498. The minimum absolute atomic E-state index is 0.207. The zero-order valence-corrected chi connectivity index (χ0v) is 12.0. The van der Waals surface area contributed by atoms with Crippen LogP contribution in [0.15, 0.2) is 24.3 Å². The molecular formula is C15H22F2N2O. The van der Waals surface area contributed by atoms with E-state index in [1.165, 1.54) is 6.42 Å². The van der Waals surface area contributed by atoms with Crippen LogP contribution < -0.4 is 10.1 Å². The lowest BCUT2D eigenvalue weighted by Crippen LogP contribution is -2.34. The summed E-state index contributed by atoms with van der Waals surface area (Å²) in [5, 5.41) is 3.39. The van der Waals surface area contributed by atoms with E-state index in [0.717, 1.165) is 31.7 Å². The van der Waals surface area contributed by atoms with E-state index in [4.69, 9.17) is 0 Å². The Morgan fingerprint density at radius 3 is 2.60 bits per heavy atom. The first-order valence-corrected chi connectivity index (χ1v) is 6.90. The molecule has 1 saturated heterocycles. The van der Waals surface area contributed by atoms with Gasteiger partial charge in [0.05, 0.1) is 0 Å². The summed E-state index contributed by atoms with van der Waals surface area (Å²) in [6.45, 7) is 3.50. The predicted octanol–water partition coefficient (Wildman–Crippen LogP) is 2.72. The Morgan fingerprint density at radius 2 is 2.05 bits per heavy atom. The van der Waals surface area contributed by atoms with E-state index in [1.807, 2.05) is 12.1 Å². The SMILES string of the molecule is CN(Cc1ccc(OC(F)F)cc1)CC1(C)CCNC1. The number of alkyl halides is 2. The second-order valence-electron chi connectivity index (χ2n) is 5.93. The molecule has 0 aromatic heterocycles. The summed E-state index contributed by atoms with van der Waals surface area (Å²) in [4.78, 5) is 2.27. The smallest absolute Gasteiger partial charge is 0.387 e.